The fourth-order valence-corrected chi connectivity index (χ4v) is 4.21. The van der Waals surface area contributed by atoms with Gasteiger partial charge in [-0.25, -0.2) is 0 Å². The maximum absolute atomic E-state index is 12.7. The first-order valence-corrected chi connectivity index (χ1v) is 9.77. The molecule has 0 saturated carbocycles. The zero-order chi connectivity index (χ0) is 16.8. The number of nitrogens with one attached hydrogen (secondary N) is 1. The number of rotatable bonds is 6. The summed E-state index contributed by atoms with van der Waals surface area (Å²) in [6.07, 6.45) is 0.955. The Labute approximate surface area is 150 Å². The Hall–Kier alpha value is -2.04. The van der Waals surface area contributed by atoms with Crippen LogP contribution in [0.25, 0.3) is 0 Å². The lowest BCUT2D eigenvalue weighted by atomic mass is 10.1. The number of hydrogen-bond donors (Lipinski definition) is 1. The van der Waals surface area contributed by atoms with E-state index in [0.717, 1.165) is 28.3 Å². The van der Waals surface area contributed by atoms with Crippen LogP contribution in [0, 0.1) is 0 Å². The van der Waals surface area contributed by atoms with Crippen molar-refractivity contribution in [2.24, 2.45) is 0 Å². The molecule has 0 saturated heterocycles. The van der Waals surface area contributed by atoms with Crippen LogP contribution in [0.5, 0.6) is 0 Å². The predicted octanol–water partition coefficient (Wildman–Crippen LogP) is 5.86. The molecular formula is C20H19NOS2. The lowest BCUT2D eigenvalue weighted by Crippen LogP contribution is -2.13. The summed E-state index contributed by atoms with van der Waals surface area (Å²) in [6.45, 7) is 2.11. The first-order chi connectivity index (χ1) is 11.8. The van der Waals surface area contributed by atoms with Crippen molar-refractivity contribution in [1.29, 1.82) is 0 Å². The Bertz CT molecular complexity index is 812. The molecular weight excluding hydrogens is 334 g/mol. The number of amides is 1. The Balaban J connectivity index is 1.74. The molecule has 0 atom stereocenters. The van der Waals surface area contributed by atoms with Gasteiger partial charge in [-0.1, -0.05) is 37.3 Å². The van der Waals surface area contributed by atoms with E-state index in [1.54, 1.807) is 23.1 Å². The van der Waals surface area contributed by atoms with E-state index in [4.69, 9.17) is 0 Å². The molecule has 0 radical (unpaired) electrons. The highest BCUT2D eigenvalue weighted by atomic mass is 32.2. The van der Waals surface area contributed by atoms with Gasteiger partial charge in [-0.3, -0.25) is 4.79 Å². The second-order valence-corrected chi connectivity index (χ2v) is 7.42. The average Bonchev–Trinajstić information content (AvgIpc) is 3.14. The zero-order valence-corrected chi connectivity index (χ0v) is 15.1. The number of anilines is 1. The average molecular weight is 354 g/mol. The van der Waals surface area contributed by atoms with E-state index in [0.29, 0.717) is 0 Å². The molecule has 3 aromatic rings. The lowest BCUT2D eigenvalue weighted by molar-refractivity contribution is 0.102. The van der Waals surface area contributed by atoms with E-state index in [9.17, 15) is 4.79 Å². The van der Waals surface area contributed by atoms with Crippen LogP contribution in [0.15, 0.2) is 70.9 Å². The van der Waals surface area contributed by atoms with Crippen molar-refractivity contribution in [3.63, 3.8) is 0 Å². The Morgan fingerprint density at radius 2 is 1.96 bits per heavy atom. The van der Waals surface area contributed by atoms with Gasteiger partial charge in [-0.2, -0.15) is 0 Å². The molecule has 1 N–H and O–H groups in total. The number of thiophene rings is 1. The van der Waals surface area contributed by atoms with Crippen molar-refractivity contribution in [3.8, 4) is 0 Å². The van der Waals surface area contributed by atoms with Crippen molar-refractivity contribution < 1.29 is 4.79 Å². The van der Waals surface area contributed by atoms with Crippen LogP contribution in [0.2, 0.25) is 0 Å². The Kier molecular flexibility index (Phi) is 5.72. The molecule has 0 aliphatic carbocycles. The quantitative estimate of drug-likeness (QED) is 0.563. The second-order valence-electron chi connectivity index (χ2n) is 5.37. The van der Waals surface area contributed by atoms with Crippen LogP contribution in [0.4, 0.5) is 5.69 Å². The molecule has 0 aliphatic rings. The molecule has 3 rings (SSSR count). The largest absolute Gasteiger partial charge is 0.322 e. The van der Waals surface area contributed by atoms with E-state index < -0.39 is 0 Å². The topological polar surface area (TPSA) is 29.1 Å². The predicted molar refractivity (Wildman–Crippen MR) is 104 cm³/mol. The monoisotopic (exact) mass is 353 g/mol. The molecule has 0 spiro atoms. The standard InChI is InChI=1S/C20H19NOS2/c1-2-15-7-5-8-16(13-15)21-20(22)18-10-3-4-11-19(18)24-14-17-9-6-12-23-17/h3-13H,2,14H2,1H3,(H,21,22). The minimum atomic E-state index is -0.0578. The first-order valence-electron chi connectivity index (χ1n) is 7.91. The molecule has 0 unspecified atom stereocenters. The van der Waals surface area contributed by atoms with Gasteiger partial charge in [0.05, 0.1) is 5.56 Å². The third kappa shape index (κ3) is 4.28. The van der Waals surface area contributed by atoms with E-state index in [1.165, 1.54) is 10.4 Å². The molecule has 1 heterocycles. The maximum atomic E-state index is 12.7. The summed E-state index contributed by atoms with van der Waals surface area (Å²) in [5.74, 6) is 0.824. The van der Waals surface area contributed by atoms with Crippen LogP contribution in [-0.2, 0) is 12.2 Å². The smallest absolute Gasteiger partial charge is 0.256 e. The van der Waals surface area contributed by atoms with Gasteiger partial charge in [-0.15, -0.1) is 23.1 Å². The van der Waals surface area contributed by atoms with Crippen molar-refractivity contribution in [1.82, 2.24) is 0 Å². The SMILES string of the molecule is CCc1cccc(NC(=O)c2ccccc2SCc2cccs2)c1. The van der Waals surface area contributed by atoms with Gasteiger partial charge in [0.25, 0.3) is 5.91 Å². The van der Waals surface area contributed by atoms with Crippen molar-refractivity contribution in [2.75, 3.05) is 5.32 Å². The molecule has 1 aromatic heterocycles. The number of carbonyl (C=O) groups excluding carboxylic acids is 1. The van der Waals surface area contributed by atoms with Crippen LogP contribution in [0.3, 0.4) is 0 Å². The van der Waals surface area contributed by atoms with Crippen LogP contribution in [-0.4, -0.2) is 5.91 Å². The number of benzene rings is 2. The summed E-state index contributed by atoms with van der Waals surface area (Å²) in [4.78, 5) is 15.0. The van der Waals surface area contributed by atoms with Gasteiger partial charge in [0.1, 0.15) is 0 Å². The van der Waals surface area contributed by atoms with E-state index in [-0.39, 0.29) is 5.91 Å². The maximum Gasteiger partial charge on any atom is 0.256 e. The number of thioether (sulfide) groups is 1. The Morgan fingerprint density at radius 1 is 1.08 bits per heavy atom. The van der Waals surface area contributed by atoms with Gasteiger partial charge >= 0.3 is 0 Å². The third-order valence-corrected chi connectivity index (χ3v) is 5.86. The van der Waals surface area contributed by atoms with E-state index >= 15 is 0 Å². The van der Waals surface area contributed by atoms with Gasteiger partial charge in [0, 0.05) is 21.2 Å². The molecule has 1 amide bonds. The highest BCUT2D eigenvalue weighted by molar-refractivity contribution is 7.98. The summed E-state index contributed by atoms with van der Waals surface area (Å²) >= 11 is 3.44. The fourth-order valence-electron chi connectivity index (χ4n) is 2.39. The summed E-state index contributed by atoms with van der Waals surface area (Å²) < 4.78 is 0. The molecule has 0 aliphatic heterocycles. The molecule has 2 nitrogen and oxygen atoms in total. The summed E-state index contributed by atoms with van der Waals surface area (Å²) in [6, 6.07) is 20.0. The number of hydrogen-bond acceptors (Lipinski definition) is 3. The fraction of sp³-hybridized carbons (Fsp3) is 0.150. The lowest BCUT2D eigenvalue weighted by Gasteiger charge is -2.10. The first kappa shape index (κ1) is 16.8. The summed E-state index contributed by atoms with van der Waals surface area (Å²) in [5, 5.41) is 5.10. The molecule has 0 fully saturated rings. The van der Waals surface area contributed by atoms with Crippen LogP contribution >= 0.6 is 23.1 Å². The second kappa shape index (κ2) is 8.18. The highest BCUT2D eigenvalue weighted by Crippen LogP contribution is 2.28. The molecule has 4 heteroatoms. The van der Waals surface area contributed by atoms with Crippen molar-refractivity contribution in [2.45, 2.75) is 24.0 Å². The van der Waals surface area contributed by atoms with Crippen LogP contribution in [0.1, 0.15) is 27.7 Å². The van der Waals surface area contributed by atoms with E-state index in [2.05, 4.69) is 35.8 Å². The zero-order valence-electron chi connectivity index (χ0n) is 13.5. The van der Waals surface area contributed by atoms with E-state index in [1.807, 2.05) is 42.5 Å². The van der Waals surface area contributed by atoms with Gasteiger partial charge in [0.15, 0.2) is 0 Å². The molecule has 24 heavy (non-hydrogen) atoms. The highest BCUT2D eigenvalue weighted by Gasteiger charge is 2.12. The minimum Gasteiger partial charge on any atom is -0.322 e. The number of carbonyl (C=O) groups is 1. The van der Waals surface area contributed by atoms with Gasteiger partial charge in [0.2, 0.25) is 0 Å². The minimum absolute atomic E-state index is 0.0578. The summed E-state index contributed by atoms with van der Waals surface area (Å²) in [5.41, 5.74) is 2.78. The molecule has 122 valence electrons. The normalized spacial score (nSPS) is 10.5. The summed E-state index contributed by atoms with van der Waals surface area (Å²) in [7, 11) is 0. The number of aryl methyl sites for hydroxylation is 1. The van der Waals surface area contributed by atoms with Crippen molar-refractivity contribution in [3.05, 3.63) is 82.0 Å². The molecule has 2 aromatic carbocycles. The van der Waals surface area contributed by atoms with Crippen molar-refractivity contribution >= 4 is 34.7 Å². The third-order valence-electron chi connectivity index (χ3n) is 3.67. The molecule has 0 bridgehead atoms. The van der Waals surface area contributed by atoms with Gasteiger partial charge < -0.3 is 5.32 Å². The van der Waals surface area contributed by atoms with Gasteiger partial charge in [-0.05, 0) is 47.7 Å². The Morgan fingerprint density at radius 3 is 2.75 bits per heavy atom. The van der Waals surface area contributed by atoms with Crippen LogP contribution < -0.4 is 5.32 Å².